The highest BCUT2D eigenvalue weighted by Gasteiger charge is 2.43. The molecule has 7 nitrogen and oxygen atoms in total. The zero-order valence-electron chi connectivity index (χ0n) is 11.8. The van der Waals surface area contributed by atoms with E-state index in [0.717, 1.165) is 5.56 Å². The lowest BCUT2D eigenvalue weighted by Crippen LogP contribution is -2.63. The molecule has 5 atom stereocenters. The van der Waals surface area contributed by atoms with Gasteiger partial charge in [0.05, 0.1) is 6.61 Å². The van der Waals surface area contributed by atoms with Crippen LogP contribution in [0, 0.1) is 0 Å². The normalized spacial score (nSPS) is 31.5. The lowest BCUT2D eigenvalue weighted by atomic mass is 9.98. The van der Waals surface area contributed by atoms with Gasteiger partial charge in [-0.25, -0.2) is 0 Å². The quantitative estimate of drug-likeness (QED) is 0.480. The SMILES string of the molecule is C=Cc1ccc(C(=O)N[C@@H]2O[C@H](CO)[C@@H](O)[C@H](O)[C@H]2O)cc1. The van der Waals surface area contributed by atoms with E-state index in [1.807, 2.05) is 0 Å². The molecule has 0 saturated carbocycles. The van der Waals surface area contributed by atoms with E-state index < -0.39 is 43.2 Å². The van der Waals surface area contributed by atoms with Crippen molar-refractivity contribution < 1.29 is 30.0 Å². The maximum Gasteiger partial charge on any atom is 0.253 e. The average molecular weight is 309 g/mol. The molecule has 1 aromatic rings. The molecule has 0 spiro atoms. The summed E-state index contributed by atoms with van der Waals surface area (Å²) in [5, 5.41) is 40.7. The molecule has 1 aliphatic rings. The van der Waals surface area contributed by atoms with Crippen LogP contribution in [0.4, 0.5) is 0 Å². The standard InChI is InChI=1S/C15H19NO6/c1-2-8-3-5-9(6-4-8)14(21)16-15-13(20)12(19)11(18)10(7-17)22-15/h2-6,10-13,15,17-20H,1,7H2,(H,16,21)/t10-,11-,12+,13-,15-/m1/s1. The molecule has 1 aliphatic heterocycles. The van der Waals surface area contributed by atoms with Crippen molar-refractivity contribution >= 4 is 12.0 Å². The third-order valence-corrected chi connectivity index (χ3v) is 3.57. The second kappa shape index (κ2) is 6.99. The average Bonchev–Trinajstić information content (AvgIpc) is 2.55. The van der Waals surface area contributed by atoms with Crippen LogP contribution in [-0.2, 0) is 4.74 Å². The van der Waals surface area contributed by atoms with Gasteiger partial charge in [0.1, 0.15) is 24.4 Å². The van der Waals surface area contributed by atoms with Gasteiger partial charge in [-0.3, -0.25) is 4.79 Å². The van der Waals surface area contributed by atoms with Crippen molar-refractivity contribution in [1.29, 1.82) is 0 Å². The molecule has 0 radical (unpaired) electrons. The highest BCUT2D eigenvalue weighted by atomic mass is 16.6. The van der Waals surface area contributed by atoms with Crippen LogP contribution in [0.5, 0.6) is 0 Å². The van der Waals surface area contributed by atoms with Crippen LogP contribution >= 0.6 is 0 Å². The first kappa shape index (κ1) is 16.6. The van der Waals surface area contributed by atoms with Crippen LogP contribution < -0.4 is 5.32 Å². The first-order valence-electron chi connectivity index (χ1n) is 6.81. The molecule has 1 fully saturated rings. The zero-order chi connectivity index (χ0) is 16.3. The fourth-order valence-electron chi connectivity index (χ4n) is 2.20. The van der Waals surface area contributed by atoms with E-state index in [0.29, 0.717) is 5.56 Å². The minimum Gasteiger partial charge on any atom is -0.394 e. The van der Waals surface area contributed by atoms with Crippen molar-refractivity contribution in [3.8, 4) is 0 Å². The number of carbonyl (C=O) groups excluding carboxylic acids is 1. The molecule has 120 valence electrons. The van der Waals surface area contributed by atoms with Crippen LogP contribution in [0.25, 0.3) is 6.08 Å². The van der Waals surface area contributed by atoms with Crippen molar-refractivity contribution in [2.45, 2.75) is 30.6 Å². The van der Waals surface area contributed by atoms with Gasteiger partial charge < -0.3 is 30.5 Å². The van der Waals surface area contributed by atoms with Crippen LogP contribution in [-0.4, -0.2) is 63.6 Å². The number of hydrogen-bond acceptors (Lipinski definition) is 6. The van der Waals surface area contributed by atoms with E-state index in [4.69, 9.17) is 9.84 Å². The molecule has 2 rings (SSSR count). The van der Waals surface area contributed by atoms with Crippen molar-refractivity contribution in [2.75, 3.05) is 6.61 Å². The molecule has 22 heavy (non-hydrogen) atoms. The van der Waals surface area contributed by atoms with E-state index in [9.17, 15) is 20.1 Å². The Morgan fingerprint density at radius 2 is 1.82 bits per heavy atom. The van der Waals surface area contributed by atoms with Crippen LogP contribution in [0.15, 0.2) is 30.8 Å². The molecule has 1 amide bonds. The van der Waals surface area contributed by atoms with E-state index in [1.54, 1.807) is 30.3 Å². The third kappa shape index (κ3) is 3.34. The number of nitrogens with one attached hydrogen (secondary N) is 1. The van der Waals surface area contributed by atoms with Gasteiger partial charge >= 0.3 is 0 Å². The second-order valence-corrected chi connectivity index (χ2v) is 5.05. The maximum atomic E-state index is 12.1. The zero-order valence-corrected chi connectivity index (χ0v) is 11.8. The third-order valence-electron chi connectivity index (χ3n) is 3.57. The maximum absolute atomic E-state index is 12.1. The number of rotatable bonds is 4. The number of benzene rings is 1. The second-order valence-electron chi connectivity index (χ2n) is 5.05. The molecule has 7 heteroatoms. The Kier molecular flexibility index (Phi) is 5.28. The summed E-state index contributed by atoms with van der Waals surface area (Å²) in [6, 6.07) is 6.57. The summed E-state index contributed by atoms with van der Waals surface area (Å²) in [6.07, 6.45) is -5.15. The Labute approximate surface area is 127 Å². The predicted octanol–water partition coefficient (Wildman–Crippen LogP) is -1.14. The topological polar surface area (TPSA) is 119 Å². The van der Waals surface area contributed by atoms with E-state index >= 15 is 0 Å². The Morgan fingerprint density at radius 1 is 1.18 bits per heavy atom. The number of ether oxygens (including phenoxy) is 1. The summed E-state index contributed by atoms with van der Waals surface area (Å²) in [4.78, 5) is 12.1. The molecular formula is C15H19NO6. The van der Waals surface area contributed by atoms with Crippen LogP contribution in [0.1, 0.15) is 15.9 Å². The fraction of sp³-hybridized carbons (Fsp3) is 0.400. The monoisotopic (exact) mass is 309 g/mol. The lowest BCUT2D eigenvalue weighted by molar-refractivity contribution is -0.233. The minimum absolute atomic E-state index is 0.336. The van der Waals surface area contributed by atoms with Gasteiger partial charge in [0, 0.05) is 5.56 Å². The first-order chi connectivity index (χ1) is 10.5. The number of aliphatic hydroxyl groups excluding tert-OH is 4. The summed E-state index contributed by atoms with van der Waals surface area (Å²) in [5.41, 5.74) is 1.19. The highest BCUT2D eigenvalue weighted by molar-refractivity contribution is 5.94. The molecule has 0 bridgehead atoms. The van der Waals surface area contributed by atoms with Crippen LogP contribution in [0.3, 0.4) is 0 Å². The summed E-state index contributed by atoms with van der Waals surface area (Å²) in [6.45, 7) is 3.06. The van der Waals surface area contributed by atoms with Gasteiger partial charge in [0.2, 0.25) is 0 Å². The molecule has 1 saturated heterocycles. The summed E-state index contributed by atoms with van der Waals surface area (Å²) in [5.74, 6) is -0.514. The minimum atomic E-state index is -1.53. The summed E-state index contributed by atoms with van der Waals surface area (Å²) < 4.78 is 5.21. The smallest absolute Gasteiger partial charge is 0.253 e. The Balaban J connectivity index is 2.07. The number of carbonyl (C=O) groups is 1. The van der Waals surface area contributed by atoms with E-state index in [2.05, 4.69) is 11.9 Å². The van der Waals surface area contributed by atoms with Gasteiger partial charge in [0.25, 0.3) is 5.91 Å². The highest BCUT2D eigenvalue weighted by Crippen LogP contribution is 2.20. The van der Waals surface area contributed by atoms with Crippen molar-refractivity contribution in [3.63, 3.8) is 0 Å². The molecule has 1 aromatic carbocycles. The lowest BCUT2D eigenvalue weighted by Gasteiger charge is -2.40. The van der Waals surface area contributed by atoms with Gasteiger partial charge in [-0.15, -0.1) is 0 Å². The van der Waals surface area contributed by atoms with E-state index in [-0.39, 0.29) is 0 Å². The first-order valence-corrected chi connectivity index (χ1v) is 6.81. The Bertz CT molecular complexity index is 529. The van der Waals surface area contributed by atoms with Gasteiger partial charge in [-0.1, -0.05) is 24.8 Å². The number of amides is 1. The molecular weight excluding hydrogens is 290 g/mol. The molecule has 0 aliphatic carbocycles. The Hall–Kier alpha value is -1.77. The predicted molar refractivity (Wildman–Crippen MR) is 77.8 cm³/mol. The Morgan fingerprint density at radius 3 is 2.36 bits per heavy atom. The fourth-order valence-corrected chi connectivity index (χ4v) is 2.20. The van der Waals surface area contributed by atoms with E-state index in [1.165, 1.54) is 0 Å². The number of hydrogen-bond donors (Lipinski definition) is 5. The molecule has 0 unspecified atom stereocenters. The van der Waals surface area contributed by atoms with Gasteiger partial charge in [0.15, 0.2) is 6.23 Å². The molecule has 1 heterocycles. The summed E-state index contributed by atoms with van der Waals surface area (Å²) in [7, 11) is 0. The van der Waals surface area contributed by atoms with Crippen LogP contribution in [0.2, 0.25) is 0 Å². The molecule has 0 aromatic heterocycles. The van der Waals surface area contributed by atoms with Crippen molar-refractivity contribution in [3.05, 3.63) is 42.0 Å². The van der Waals surface area contributed by atoms with Gasteiger partial charge in [-0.2, -0.15) is 0 Å². The summed E-state index contributed by atoms with van der Waals surface area (Å²) >= 11 is 0. The number of aliphatic hydroxyl groups is 4. The van der Waals surface area contributed by atoms with Crippen molar-refractivity contribution in [2.24, 2.45) is 0 Å². The largest absolute Gasteiger partial charge is 0.394 e. The molecule has 5 N–H and O–H groups in total. The van der Waals surface area contributed by atoms with Gasteiger partial charge in [-0.05, 0) is 17.7 Å². The van der Waals surface area contributed by atoms with Crippen molar-refractivity contribution in [1.82, 2.24) is 5.32 Å².